The van der Waals surface area contributed by atoms with Crippen LogP contribution in [0.4, 0.5) is 29.5 Å². The van der Waals surface area contributed by atoms with Gasteiger partial charge < -0.3 is 15.5 Å². The molecule has 0 saturated heterocycles. The van der Waals surface area contributed by atoms with Gasteiger partial charge in [0.2, 0.25) is 5.91 Å². The van der Waals surface area contributed by atoms with E-state index in [1.807, 2.05) is 30.3 Å². The van der Waals surface area contributed by atoms with Crippen LogP contribution in [-0.4, -0.2) is 39.2 Å². The largest absolute Gasteiger partial charge is 0.322 e. The molecule has 0 bridgehead atoms. The molecule has 0 saturated carbocycles. The van der Waals surface area contributed by atoms with Gasteiger partial charge in [-0.1, -0.05) is 30.3 Å². The lowest BCUT2D eigenvalue weighted by molar-refractivity contribution is -0.117. The zero-order valence-electron chi connectivity index (χ0n) is 20.1. The summed E-state index contributed by atoms with van der Waals surface area (Å²) in [4.78, 5) is 27.1. The van der Waals surface area contributed by atoms with Crippen LogP contribution in [0, 0.1) is 17.5 Å². The van der Waals surface area contributed by atoms with Crippen molar-refractivity contribution in [1.29, 1.82) is 0 Å². The summed E-state index contributed by atoms with van der Waals surface area (Å²) in [5, 5.41) is 9.82. The molecule has 2 N–H and O–H groups in total. The van der Waals surface area contributed by atoms with Crippen LogP contribution >= 0.6 is 0 Å². The Hall–Kier alpha value is -4.60. The predicted octanol–water partition coefficient (Wildman–Crippen LogP) is 5.84. The molecule has 0 aliphatic heterocycles. The third-order valence-corrected chi connectivity index (χ3v) is 5.49. The molecule has 0 unspecified atom stereocenters. The number of benzene rings is 3. The molecule has 7 nitrogen and oxygen atoms in total. The Morgan fingerprint density at radius 2 is 1.59 bits per heavy atom. The predicted molar refractivity (Wildman–Crippen MR) is 135 cm³/mol. The summed E-state index contributed by atoms with van der Waals surface area (Å²) in [6.45, 7) is 3.10. The molecule has 0 aliphatic carbocycles. The van der Waals surface area contributed by atoms with E-state index in [1.165, 1.54) is 39.9 Å². The Kier molecular flexibility index (Phi) is 7.57. The molecule has 4 aromatic rings. The zero-order valence-corrected chi connectivity index (χ0v) is 20.1. The van der Waals surface area contributed by atoms with Gasteiger partial charge in [0.1, 0.15) is 18.2 Å². The lowest BCUT2D eigenvalue weighted by Crippen LogP contribution is -2.44. The molecular formula is C27H24F3N5O2. The second-order valence-corrected chi connectivity index (χ2v) is 8.50. The highest BCUT2D eigenvalue weighted by Crippen LogP contribution is 2.25. The van der Waals surface area contributed by atoms with Crippen molar-refractivity contribution in [1.82, 2.24) is 14.7 Å². The van der Waals surface area contributed by atoms with Crippen molar-refractivity contribution in [3.63, 3.8) is 0 Å². The Morgan fingerprint density at radius 1 is 0.892 bits per heavy atom. The van der Waals surface area contributed by atoms with Crippen molar-refractivity contribution in [2.24, 2.45) is 0 Å². The van der Waals surface area contributed by atoms with Gasteiger partial charge in [-0.05, 0) is 50.2 Å². The van der Waals surface area contributed by atoms with Gasteiger partial charge in [-0.15, -0.1) is 0 Å². The highest BCUT2D eigenvalue weighted by Gasteiger charge is 2.22. The minimum absolute atomic E-state index is 0.0526. The van der Waals surface area contributed by atoms with Gasteiger partial charge >= 0.3 is 6.03 Å². The summed E-state index contributed by atoms with van der Waals surface area (Å²) >= 11 is 0. The maximum atomic E-state index is 13.5. The number of amides is 3. The van der Waals surface area contributed by atoms with Crippen LogP contribution in [0.5, 0.6) is 0 Å². The Labute approximate surface area is 211 Å². The monoisotopic (exact) mass is 507 g/mol. The van der Waals surface area contributed by atoms with Crippen LogP contribution in [0.25, 0.3) is 16.9 Å². The second-order valence-electron chi connectivity index (χ2n) is 8.50. The van der Waals surface area contributed by atoms with Gasteiger partial charge in [-0.2, -0.15) is 5.10 Å². The first-order valence-electron chi connectivity index (χ1n) is 11.4. The zero-order chi connectivity index (χ0) is 26.5. The summed E-state index contributed by atoms with van der Waals surface area (Å²) in [6, 6.07) is 18.6. The number of hydrogen-bond acceptors (Lipinski definition) is 3. The van der Waals surface area contributed by atoms with E-state index in [1.54, 1.807) is 19.9 Å². The number of anilines is 2. The lowest BCUT2D eigenvalue weighted by atomic mass is 10.1. The van der Waals surface area contributed by atoms with Crippen molar-refractivity contribution in [2.75, 3.05) is 17.2 Å². The minimum atomic E-state index is -1.10. The van der Waals surface area contributed by atoms with E-state index in [4.69, 9.17) is 0 Å². The number of carbonyl (C=O) groups is 2. The van der Waals surface area contributed by atoms with Gasteiger partial charge in [-0.25, -0.2) is 22.6 Å². The topological polar surface area (TPSA) is 79.3 Å². The normalized spacial score (nSPS) is 10.9. The van der Waals surface area contributed by atoms with E-state index >= 15 is 0 Å². The average Bonchev–Trinajstić information content (AvgIpc) is 3.29. The molecule has 3 amide bonds. The Balaban J connectivity index is 1.55. The number of hydrogen-bond donors (Lipinski definition) is 2. The number of nitrogens with one attached hydrogen (secondary N) is 2. The maximum absolute atomic E-state index is 13.5. The summed E-state index contributed by atoms with van der Waals surface area (Å²) < 4.78 is 41.7. The van der Waals surface area contributed by atoms with Crippen LogP contribution in [0.2, 0.25) is 0 Å². The summed E-state index contributed by atoms with van der Waals surface area (Å²) in [5.41, 5.74) is 1.97. The van der Waals surface area contributed by atoms with Gasteiger partial charge in [-0.3, -0.25) is 4.79 Å². The Morgan fingerprint density at radius 3 is 2.24 bits per heavy atom. The van der Waals surface area contributed by atoms with Crippen molar-refractivity contribution >= 4 is 23.4 Å². The third kappa shape index (κ3) is 6.16. The van der Waals surface area contributed by atoms with Crippen LogP contribution in [0.1, 0.15) is 13.8 Å². The van der Waals surface area contributed by atoms with Gasteiger partial charge in [0.25, 0.3) is 0 Å². The first kappa shape index (κ1) is 25.5. The standard InChI is InChI=1S/C27H24F3N5O2/c1-17(2)34(27(37)31-20-10-13-22(29)23(30)14-20)16-26(36)32-25-15-24(18-6-4-3-5-7-18)33-35(25)21-11-8-19(28)9-12-21/h3-15,17H,16H2,1-2H3,(H,31,37)(H,32,36). The molecule has 4 rings (SSSR count). The maximum Gasteiger partial charge on any atom is 0.322 e. The molecule has 37 heavy (non-hydrogen) atoms. The SMILES string of the molecule is CC(C)N(CC(=O)Nc1cc(-c2ccccc2)nn1-c1ccc(F)cc1)C(=O)Nc1ccc(F)c(F)c1. The molecular weight excluding hydrogens is 483 g/mol. The Bertz CT molecular complexity index is 1410. The summed E-state index contributed by atoms with van der Waals surface area (Å²) in [7, 11) is 0. The van der Waals surface area contributed by atoms with Crippen LogP contribution in [-0.2, 0) is 4.79 Å². The fourth-order valence-electron chi connectivity index (χ4n) is 3.59. The molecule has 1 aromatic heterocycles. The summed E-state index contributed by atoms with van der Waals surface area (Å²) in [5.74, 6) is -2.75. The van der Waals surface area contributed by atoms with E-state index in [2.05, 4.69) is 15.7 Å². The van der Waals surface area contributed by atoms with E-state index in [9.17, 15) is 22.8 Å². The third-order valence-electron chi connectivity index (χ3n) is 5.49. The molecule has 3 aromatic carbocycles. The van der Waals surface area contributed by atoms with Crippen molar-refractivity contribution in [2.45, 2.75) is 19.9 Å². The van der Waals surface area contributed by atoms with Crippen LogP contribution < -0.4 is 10.6 Å². The molecule has 0 aliphatic rings. The smallest absolute Gasteiger partial charge is 0.313 e. The van der Waals surface area contributed by atoms with Gasteiger partial charge in [0.15, 0.2) is 11.6 Å². The second kappa shape index (κ2) is 11.0. The van der Waals surface area contributed by atoms with E-state index in [0.717, 1.165) is 17.7 Å². The summed E-state index contributed by atoms with van der Waals surface area (Å²) in [6.07, 6.45) is 0. The van der Waals surface area contributed by atoms with Crippen LogP contribution in [0.3, 0.4) is 0 Å². The first-order chi connectivity index (χ1) is 17.7. The lowest BCUT2D eigenvalue weighted by Gasteiger charge is -2.26. The van der Waals surface area contributed by atoms with E-state index in [-0.39, 0.29) is 12.2 Å². The fourth-order valence-corrected chi connectivity index (χ4v) is 3.59. The van der Waals surface area contributed by atoms with Crippen molar-refractivity contribution in [3.05, 3.63) is 96.3 Å². The van der Waals surface area contributed by atoms with Crippen LogP contribution in [0.15, 0.2) is 78.9 Å². The molecule has 190 valence electrons. The average molecular weight is 508 g/mol. The van der Waals surface area contributed by atoms with Crippen molar-refractivity contribution < 1.29 is 22.8 Å². The van der Waals surface area contributed by atoms with E-state index in [0.29, 0.717) is 17.2 Å². The first-order valence-corrected chi connectivity index (χ1v) is 11.4. The van der Waals surface area contributed by atoms with Crippen molar-refractivity contribution in [3.8, 4) is 16.9 Å². The number of aromatic nitrogens is 2. The highest BCUT2D eigenvalue weighted by molar-refractivity contribution is 5.97. The minimum Gasteiger partial charge on any atom is -0.313 e. The molecule has 1 heterocycles. The fraction of sp³-hybridized carbons (Fsp3) is 0.148. The number of urea groups is 1. The number of nitrogens with zero attached hydrogens (tertiary/aromatic N) is 3. The van der Waals surface area contributed by atoms with E-state index < -0.39 is 35.4 Å². The number of rotatable bonds is 7. The number of halogens is 3. The molecule has 10 heteroatoms. The quantitative estimate of drug-likeness (QED) is 0.330. The number of carbonyl (C=O) groups excluding carboxylic acids is 2. The van der Waals surface area contributed by atoms with Gasteiger partial charge in [0.05, 0.1) is 11.4 Å². The molecule has 0 radical (unpaired) electrons. The molecule has 0 fully saturated rings. The van der Waals surface area contributed by atoms with Gasteiger partial charge in [0, 0.05) is 29.4 Å². The molecule has 0 atom stereocenters. The molecule has 0 spiro atoms. The highest BCUT2D eigenvalue weighted by atomic mass is 19.2.